The van der Waals surface area contributed by atoms with Crippen LogP contribution in [-0.2, 0) is 11.3 Å². The Bertz CT molecular complexity index is 488. The number of carboxylic acid groups (broad SMARTS) is 1. The summed E-state index contributed by atoms with van der Waals surface area (Å²) in [5, 5.41) is 25.2. The highest BCUT2D eigenvalue weighted by molar-refractivity contribution is 5.80. The molecule has 1 fully saturated rings. The largest absolute Gasteiger partial charge is 0.481 e. The van der Waals surface area contributed by atoms with Crippen LogP contribution < -0.4 is 5.32 Å². The Morgan fingerprint density at radius 2 is 2.30 bits per heavy atom. The molecule has 2 rings (SSSR count). The van der Waals surface area contributed by atoms with Crippen LogP contribution in [0, 0.1) is 11.3 Å². The number of nitrogens with zero attached hydrogens (tertiary/aromatic N) is 4. The zero-order valence-corrected chi connectivity index (χ0v) is 11.5. The topological polar surface area (TPSA) is 124 Å². The monoisotopic (exact) mass is 282 g/mol. The molecule has 0 aromatic carbocycles. The fourth-order valence-corrected chi connectivity index (χ4v) is 2.42. The Balaban J connectivity index is 1.94. The number of hydrogen-bond donors (Lipinski definition) is 3. The van der Waals surface area contributed by atoms with Gasteiger partial charge >= 0.3 is 12.0 Å². The highest BCUT2D eigenvalue weighted by Gasteiger charge is 2.48. The number of urea groups is 1. The Morgan fingerprint density at radius 1 is 1.55 bits per heavy atom. The molecule has 0 bridgehead atoms. The van der Waals surface area contributed by atoms with Crippen LogP contribution in [0.5, 0.6) is 0 Å². The predicted octanol–water partition coefficient (Wildman–Crippen LogP) is -0.158. The summed E-state index contributed by atoms with van der Waals surface area (Å²) < 4.78 is 0. The smallest absolute Gasteiger partial charge is 0.317 e. The van der Waals surface area contributed by atoms with Crippen LogP contribution in [0.15, 0.2) is 0 Å². The van der Waals surface area contributed by atoms with E-state index in [1.54, 1.807) is 0 Å². The molecular formula is C11H18N6O3. The molecule has 0 radical (unpaired) electrons. The zero-order valence-electron chi connectivity index (χ0n) is 11.5. The summed E-state index contributed by atoms with van der Waals surface area (Å²) in [6.07, 6.45) is 0.468. The highest BCUT2D eigenvalue weighted by Crippen LogP contribution is 2.38. The lowest BCUT2D eigenvalue weighted by molar-refractivity contribution is -0.150. The van der Waals surface area contributed by atoms with Gasteiger partial charge in [-0.2, -0.15) is 5.21 Å². The SMILES string of the molecule is CC(C)C1(C(=O)O)CCN(C(=O)NCc2nn[nH]n2)C1. The second-order valence-electron chi connectivity index (χ2n) is 5.27. The first kappa shape index (κ1) is 14.2. The minimum absolute atomic E-state index is 0.0324. The van der Waals surface area contributed by atoms with Crippen molar-refractivity contribution < 1.29 is 14.7 Å². The van der Waals surface area contributed by atoms with Crippen LogP contribution in [0.3, 0.4) is 0 Å². The van der Waals surface area contributed by atoms with E-state index < -0.39 is 11.4 Å². The summed E-state index contributed by atoms with van der Waals surface area (Å²) in [7, 11) is 0. The summed E-state index contributed by atoms with van der Waals surface area (Å²) >= 11 is 0. The fourth-order valence-electron chi connectivity index (χ4n) is 2.42. The van der Waals surface area contributed by atoms with Crippen molar-refractivity contribution in [2.45, 2.75) is 26.8 Å². The number of amides is 2. The zero-order chi connectivity index (χ0) is 14.8. The van der Waals surface area contributed by atoms with Crippen molar-refractivity contribution in [3.8, 4) is 0 Å². The molecule has 0 aliphatic carbocycles. The van der Waals surface area contributed by atoms with Crippen LogP contribution in [0.4, 0.5) is 4.79 Å². The molecule has 1 unspecified atom stereocenters. The quantitative estimate of drug-likeness (QED) is 0.705. The van der Waals surface area contributed by atoms with E-state index in [2.05, 4.69) is 25.9 Å². The number of likely N-dealkylation sites (tertiary alicyclic amines) is 1. The third-order valence-electron chi connectivity index (χ3n) is 3.91. The highest BCUT2D eigenvalue weighted by atomic mass is 16.4. The molecule has 110 valence electrons. The van der Waals surface area contributed by atoms with Crippen molar-refractivity contribution >= 4 is 12.0 Å². The number of H-pyrrole nitrogens is 1. The second kappa shape index (κ2) is 5.43. The number of carbonyl (C=O) groups is 2. The number of hydrogen-bond acceptors (Lipinski definition) is 5. The number of nitrogens with one attached hydrogen (secondary N) is 2. The van der Waals surface area contributed by atoms with Gasteiger partial charge < -0.3 is 15.3 Å². The molecule has 1 aromatic heterocycles. The molecule has 1 aliphatic rings. The molecule has 0 spiro atoms. The van der Waals surface area contributed by atoms with E-state index in [0.717, 1.165) is 0 Å². The molecule has 20 heavy (non-hydrogen) atoms. The van der Waals surface area contributed by atoms with Gasteiger partial charge in [0.15, 0.2) is 5.82 Å². The molecule has 1 aromatic rings. The molecule has 2 amide bonds. The lowest BCUT2D eigenvalue weighted by atomic mass is 9.76. The van der Waals surface area contributed by atoms with Gasteiger partial charge in [0.1, 0.15) is 0 Å². The number of carboxylic acids is 1. The molecule has 1 aliphatic heterocycles. The maximum atomic E-state index is 12.0. The fraction of sp³-hybridized carbons (Fsp3) is 0.727. The third kappa shape index (κ3) is 2.56. The summed E-state index contributed by atoms with van der Waals surface area (Å²) in [6.45, 7) is 4.55. The predicted molar refractivity (Wildman–Crippen MR) is 67.5 cm³/mol. The Hall–Kier alpha value is -2.19. The summed E-state index contributed by atoms with van der Waals surface area (Å²) in [4.78, 5) is 25.0. The third-order valence-corrected chi connectivity index (χ3v) is 3.91. The van der Waals surface area contributed by atoms with E-state index in [1.165, 1.54) is 4.90 Å². The van der Waals surface area contributed by atoms with Crippen molar-refractivity contribution in [1.82, 2.24) is 30.8 Å². The molecule has 1 saturated heterocycles. The van der Waals surface area contributed by atoms with Gasteiger partial charge in [0, 0.05) is 13.1 Å². The summed E-state index contributed by atoms with van der Waals surface area (Å²) in [5.41, 5.74) is -0.858. The van der Waals surface area contributed by atoms with Crippen molar-refractivity contribution in [3.05, 3.63) is 5.82 Å². The van der Waals surface area contributed by atoms with E-state index in [1.807, 2.05) is 13.8 Å². The Morgan fingerprint density at radius 3 is 2.80 bits per heavy atom. The minimum Gasteiger partial charge on any atom is -0.481 e. The van der Waals surface area contributed by atoms with E-state index in [4.69, 9.17) is 0 Å². The molecular weight excluding hydrogens is 264 g/mol. The van der Waals surface area contributed by atoms with E-state index in [9.17, 15) is 14.7 Å². The van der Waals surface area contributed by atoms with Crippen molar-refractivity contribution in [3.63, 3.8) is 0 Å². The number of rotatable bonds is 4. The maximum absolute atomic E-state index is 12.0. The van der Waals surface area contributed by atoms with Crippen LogP contribution in [-0.4, -0.2) is 55.7 Å². The average molecular weight is 282 g/mol. The van der Waals surface area contributed by atoms with Crippen LogP contribution >= 0.6 is 0 Å². The van der Waals surface area contributed by atoms with Crippen molar-refractivity contribution in [2.24, 2.45) is 11.3 Å². The van der Waals surface area contributed by atoms with Crippen molar-refractivity contribution in [1.29, 1.82) is 0 Å². The van der Waals surface area contributed by atoms with Gasteiger partial charge in [-0.15, -0.1) is 10.2 Å². The number of carbonyl (C=O) groups excluding carboxylic acids is 1. The maximum Gasteiger partial charge on any atom is 0.317 e. The first-order chi connectivity index (χ1) is 9.45. The summed E-state index contributed by atoms with van der Waals surface area (Å²) in [5.74, 6) is -0.498. The molecule has 9 nitrogen and oxygen atoms in total. The molecule has 9 heteroatoms. The molecule has 1 atom stereocenters. The van der Waals surface area contributed by atoms with Crippen LogP contribution in [0.1, 0.15) is 26.1 Å². The number of aliphatic carboxylic acids is 1. The minimum atomic E-state index is -0.858. The first-order valence-electron chi connectivity index (χ1n) is 6.44. The number of aromatic nitrogens is 4. The van der Waals surface area contributed by atoms with Gasteiger partial charge in [-0.1, -0.05) is 19.1 Å². The van der Waals surface area contributed by atoms with E-state index in [-0.39, 0.29) is 25.0 Å². The number of aromatic amines is 1. The van der Waals surface area contributed by atoms with Gasteiger partial charge in [-0.3, -0.25) is 4.79 Å². The van der Waals surface area contributed by atoms with Crippen molar-refractivity contribution in [2.75, 3.05) is 13.1 Å². The van der Waals surface area contributed by atoms with Crippen LogP contribution in [0.25, 0.3) is 0 Å². The lowest BCUT2D eigenvalue weighted by Gasteiger charge is -2.28. The summed E-state index contributed by atoms with van der Waals surface area (Å²) in [6, 6.07) is -0.307. The average Bonchev–Trinajstić information content (AvgIpc) is 3.05. The van der Waals surface area contributed by atoms with Crippen LogP contribution in [0.2, 0.25) is 0 Å². The van der Waals surface area contributed by atoms with Gasteiger partial charge in [-0.25, -0.2) is 4.79 Å². The van der Waals surface area contributed by atoms with Gasteiger partial charge in [0.25, 0.3) is 0 Å². The second-order valence-corrected chi connectivity index (χ2v) is 5.27. The number of tetrazole rings is 1. The first-order valence-corrected chi connectivity index (χ1v) is 6.44. The molecule has 3 N–H and O–H groups in total. The Labute approximate surface area is 115 Å². The standard InChI is InChI=1S/C11H18N6O3/c1-7(2)11(9(18)19)3-4-17(6-11)10(20)12-5-8-13-15-16-14-8/h7H,3-6H2,1-2H3,(H,12,20)(H,18,19)(H,13,14,15,16). The molecule has 2 heterocycles. The lowest BCUT2D eigenvalue weighted by Crippen LogP contribution is -2.43. The van der Waals surface area contributed by atoms with E-state index in [0.29, 0.717) is 18.8 Å². The van der Waals surface area contributed by atoms with Gasteiger partial charge in [0.2, 0.25) is 0 Å². The van der Waals surface area contributed by atoms with Gasteiger partial charge in [-0.05, 0) is 12.3 Å². The Kier molecular flexibility index (Phi) is 3.86. The van der Waals surface area contributed by atoms with Gasteiger partial charge in [0.05, 0.1) is 12.0 Å². The molecule has 0 saturated carbocycles. The normalized spacial score (nSPS) is 22.2. The van der Waals surface area contributed by atoms with E-state index >= 15 is 0 Å².